The SMILES string of the molecule is CC(C)Cn1cc(-c2cnn(C)c2)cc(NC2CCC(C3=CC=C(C(=O)N(C)C)NN3)CC2)c1=O. The van der Waals surface area contributed by atoms with Crippen LogP contribution in [0, 0.1) is 11.8 Å². The van der Waals surface area contributed by atoms with Gasteiger partial charge in [0.15, 0.2) is 0 Å². The Kier molecular flexibility index (Phi) is 7.33. The molecule has 0 unspecified atom stereocenters. The minimum absolute atomic E-state index is 0.0255. The van der Waals surface area contributed by atoms with Crippen molar-refractivity contribution >= 4 is 11.6 Å². The Hall–Kier alpha value is -3.49. The zero-order chi connectivity index (χ0) is 25.1. The van der Waals surface area contributed by atoms with Crippen LogP contribution in [0.5, 0.6) is 0 Å². The number of pyridine rings is 1. The van der Waals surface area contributed by atoms with Gasteiger partial charge in [0, 0.05) is 68.9 Å². The summed E-state index contributed by atoms with van der Waals surface area (Å²) in [6.07, 6.45) is 13.6. The van der Waals surface area contributed by atoms with Crippen LogP contribution in [0.3, 0.4) is 0 Å². The second kappa shape index (κ2) is 10.4. The highest BCUT2D eigenvalue weighted by Gasteiger charge is 2.26. The number of rotatable bonds is 7. The normalized spacial score (nSPS) is 19.9. The van der Waals surface area contributed by atoms with E-state index in [4.69, 9.17) is 0 Å². The predicted molar refractivity (Wildman–Crippen MR) is 138 cm³/mol. The van der Waals surface area contributed by atoms with Crippen molar-refractivity contribution in [1.82, 2.24) is 30.1 Å². The zero-order valence-electron chi connectivity index (χ0n) is 21.3. The van der Waals surface area contributed by atoms with Gasteiger partial charge < -0.3 is 20.2 Å². The molecule has 9 nitrogen and oxygen atoms in total. The fraction of sp³-hybridized carbons (Fsp3) is 0.500. The van der Waals surface area contributed by atoms with Gasteiger partial charge in [0.05, 0.1) is 6.20 Å². The van der Waals surface area contributed by atoms with Gasteiger partial charge in [-0.15, -0.1) is 0 Å². The summed E-state index contributed by atoms with van der Waals surface area (Å²) in [7, 11) is 5.37. The number of likely N-dealkylation sites (N-methyl/N-ethyl adjacent to an activating group) is 1. The minimum Gasteiger partial charge on any atom is -0.378 e. The molecule has 1 aliphatic heterocycles. The number of allylic oxidation sites excluding steroid dienone is 3. The van der Waals surface area contributed by atoms with E-state index in [1.54, 1.807) is 23.7 Å². The third-order valence-corrected chi connectivity index (χ3v) is 6.62. The van der Waals surface area contributed by atoms with E-state index in [1.165, 1.54) is 0 Å². The molecule has 0 radical (unpaired) electrons. The first-order valence-corrected chi connectivity index (χ1v) is 12.4. The third kappa shape index (κ3) is 5.78. The van der Waals surface area contributed by atoms with E-state index < -0.39 is 0 Å². The summed E-state index contributed by atoms with van der Waals surface area (Å²) >= 11 is 0. The Morgan fingerprint density at radius 3 is 2.46 bits per heavy atom. The summed E-state index contributed by atoms with van der Waals surface area (Å²) in [5, 5.41) is 7.85. The lowest BCUT2D eigenvalue weighted by Crippen LogP contribution is -2.42. The van der Waals surface area contributed by atoms with Crippen molar-refractivity contribution < 1.29 is 4.79 Å². The summed E-state index contributed by atoms with van der Waals surface area (Å²) < 4.78 is 3.60. The van der Waals surface area contributed by atoms with Crippen LogP contribution in [0.1, 0.15) is 39.5 Å². The first kappa shape index (κ1) is 24.6. The third-order valence-electron chi connectivity index (χ3n) is 6.62. The molecule has 2 aromatic heterocycles. The standard InChI is InChI=1S/C26H37N7O2/c1-17(2)14-33-16-19(20-13-27-32(5)15-20)12-24(26(33)35)28-21-8-6-18(7-9-21)22-10-11-23(30-29-22)25(34)31(3)4/h10-13,15-18,21,28-30H,6-9,14H2,1-5H3. The van der Waals surface area contributed by atoms with E-state index in [9.17, 15) is 9.59 Å². The molecule has 1 saturated carbocycles. The van der Waals surface area contributed by atoms with Gasteiger partial charge in [-0.25, -0.2) is 0 Å². The van der Waals surface area contributed by atoms with E-state index in [-0.39, 0.29) is 17.5 Å². The molecule has 0 bridgehead atoms. The molecule has 0 spiro atoms. The number of hydrogen-bond donors (Lipinski definition) is 3. The Labute approximate surface area is 206 Å². The fourth-order valence-corrected chi connectivity index (χ4v) is 4.76. The van der Waals surface area contributed by atoms with Crippen molar-refractivity contribution in [3.05, 3.63) is 58.6 Å². The van der Waals surface area contributed by atoms with Gasteiger partial charge in [-0.05, 0) is 49.8 Å². The molecule has 0 atom stereocenters. The van der Waals surface area contributed by atoms with Crippen molar-refractivity contribution in [2.75, 3.05) is 19.4 Å². The van der Waals surface area contributed by atoms with E-state index in [0.29, 0.717) is 29.8 Å². The second-order valence-corrected chi connectivity index (χ2v) is 10.2. The van der Waals surface area contributed by atoms with Gasteiger partial charge in [-0.1, -0.05) is 13.8 Å². The number of hydrogen-bond acceptors (Lipinski definition) is 6. The van der Waals surface area contributed by atoms with Gasteiger partial charge in [-0.2, -0.15) is 5.10 Å². The van der Waals surface area contributed by atoms with Crippen LogP contribution in [0.15, 0.2) is 53.0 Å². The predicted octanol–water partition coefficient (Wildman–Crippen LogP) is 2.84. The van der Waals surface area contributed by atoms with Crippen LogP contribution in [0.25, 0.3) is 11.1 Å². The average molecular weight is 480 g/mol. The van der Waals surface area contributed by atoms with Crippen molar-refractivity contribution in [3.8, 4) is 11.1 Å². The van der Waals surface area contributed by atoms with E-state index in [2.05, 4.69) is 35.1 Å². The number of aryl methyl sites for hydroxylation is 1. The van der Waals surface area contributed by atoms with Gasteiger partial charge in [0.2, 0.25) is 0 Å². The average Bonchev–Trinajstić information content (AvgIpc) is 3.27. The number of anilines is 1. The topological polar surface area (TPSA) is 96.2 Å². The largest absolute Gasteiger partial charge is 0.378 e. The highest BCUT2D eigenvalue weighted by Crippen LogP contribution is 2.31. The molecule has 2 aliphatic rings. The maximum atomic E-state index is 13.2. The molecule has 3 heterocycles. The lowest BCUT2D eigenvalue weighted by molar-refractivity contribution is -0.125. The Morgan fingerprint density at radius 2 is 1.89 bits per heavy atom. The van der Waals surface area contributed by atoms with Gasteiger partial charge in [0.25, 0.3) is 11.5 Å². The van der Waals surface area contributed by atoms with Crippen molar-refractivity contribution in [2.45, 2.75) is 52.1 Å². The molecule has 4 rings (SSSR count). The monoisotopic (exact) mass is 479 g/mol. The molecule has 1 fully saturated rings. The van der Waals surface area contributed by atoms with E-state index >= 15 is 0 Å². The number of nitrogens with zero attached hydrogens (tertiary/aromatic N) is 4. The number of nitrogens with one attached hydrogen (secondary N) is 3. The summed E-state index contributed by atoms with van der Waals surface area (Å²) in [5.41, 5.74) is 10.6. The second-order valence-electron chi connectivity index (χ2n) is 10.2. The summed E-state index contributed by atoms with van der Waals surface area (Å²) in [5.74, 6) is 0.706. The number of aromatic nitrogens is 3. The molecule has 0 aromatic carbocycles. The number of carbonyl (C=O) groups excluding carboxylic acids is 1. The van der Waals surface area contributed by atoms with Crippen LogP contribution < -0.4 is 21.7 Å². The highest BCUT2D eigenvalue weighted by molar-refractivity contribution is 5.92. The molecular formula is C26H37N7O2. The Balaban J connectivity index is 1.45. The highest BCUT2D eigenvalue weighted by atomic mass is 16.2. The lowest BCUT2D eigenvalue weighted by atomic mass is 9.83. The molecule has 35 heavy (non-hydrogen) atoms. The van der Waals surface area contributed by atoms with Crippen molar-refractivity contribution in [2.24, 2.45) is 18.9 Å². The smallest absolute Gasteiger partial charge is 0.273 e. The fourth-order valence-electron chi connectivity index (χ4n) is 4.76. The Morgan fingerprint density at radius 1 is 1.14 bits per heavy atom. The van der Waals surface area contributed by atoms with Crippen LogP contribution in [0.2, 0.25) is 0 Å². The maximum Gasteiger partial charge on any atom is 0.273 e. The molecule has 1 aliphatic carbocycles. The first-order valence-electron chi connectivity index (χ1n) is 12.4. The van der Waals surface area contributed by atoms with E-state index in [0.717, 1.165) is 42.5 Å². The number of hydrazine groups is 1. The zero-order valence-corrected chi connectivity index (χ0v) is 21.3. The summed E-state index contributed by atoms with van der Waals surface area (Å²) in [4.78, 5) is 26.9. The molecular weight excluding hydrogens is 442 g/mol. The van der Waals surface area contributed by atoms with Gasteiger partial charge in [-0.3, -0.25) is 19.7 Å². The lowest BCUT2D eigenvalue weighted by Gasteiger charge is -2.33. The Bertz CT molecular complexity index is 1180. The van der Waals surface area contributed by atoms with Gasteiger partial charge >= 0.3 is 0 Å². The van der Waals surface area contributed by atoms with Crippen LogP contribution in [-0.2, 0) is 18.4 Å². The molecule has 9 heteroatoms. The van der Waals surface area contributed by atoms with Crippen LogP contribution in [0.4, 0.5) is 5.69 Å². The first-order chi connectivity index (χ1) is 16.7. The number of carbonyl (C=O) groups is 1. The molecule has 1 amide bonds. The molecule has 0 saturated heterocycles. The quantitative estimate of drug-likeness (QED) is 0.565. The van der Waals surface area contributed by atoms with Gasteiger partial charge in [0.1, 0.15) is 11.4 Å². The van der Waals surface area contributed by atoms with Crippen molar-refractivity contribution in [1.29, 1.82) is 0 Å². The summed E-state index contributed by atoms with van der Waals surface area (Å²) in [6, 6.07) is 2.21. The van der Waals surface area contributed by atoms with E-state index in [1.807, 2.05) is 48.4 Å². The molecule has 188 valence electrons. The molecule has 2 aromatic rings. The van der Waals surface area contributed by atoms with Crippen LogP contribution in [-0.4, -0.2) is 45.3 Å². The molecule has 3 N–H and O–H groups in total. The minimum atomic E-state index is -0.0580. The summed E-state index contributed by atoms with van der Waals surface area (Å²) in [6.45, 7) is 4.91. The van der Waals surface area contributed by atoms with Crippen molar-refractivity contribution in [3.63, 3.8) is 0 Å². The number of amides is 1. The van der Waals surface area contributed by atoms with Crippen LogP contribution >= 0.6 is 0 Å². The maximum absolute atomic E-state index is 13.2.